The fourth-order valence-corrected chi connectivity index (χ4v) is 2.94. The summed E-state index contributed by atoms with van der Waals surface area (Å²) in [6, 6.07) is 9.94. The van der Waals surface area contributed by atoms with Gasteiger partial charge in [0.25, 0.3) is 0 Å². The first-order valence-electron chi connectivity index (χ1n) is 8.44. The number of carbonyl (C=O) groups excluding carboxylic acids is 2. The molecular weight excluding hydrogens is 320 g/mol. The lowest BCUT2D eigenvalue weighted by Gasteiger charge is -2.21. The fraction of sp³-hybridized carbons (Fsp3) is 0.444. The van der Waals surface area contributed by atoms with Gasteiger partial charge in [-0.2, -0.15) is 0 Å². The standard InChI is InChI=1S/C18H22N4O3/c1-3-15-19-20-16(25-15)11-21(2)18(24)12-22-10-14(9-17(22)23)13-7-5-4-6-8-13/h4-8,14H,3,9-12H2,1-2H3/t14-/m0/s1. The maximum atomic E-state index is 12.4. The van der Waals surface area contributed by atoms with E-state index in [9.17, 15) is 9.59 Å². The number of rotatable bonds is 6. The molecule has 1 aliphatic heterocycles. The van der Waals surface area contributed by atoms with Gasteiger partial charge in [0, 0.05) is 32.4 Å². The monoisotopic (exact) mass is 342 g/mol. The van der Waals surface area contributed by atoms with Gasteiger partial charge in [-0.1, -0.05) is 37.3 Å². The third-order valence-electron chi connectivity index (χ3n) is 4.42. The Balaban J connectivity index is 1.56. The molecule has 132 valence electrons. The zero-order chi connectivity index (χ0) is 17.8. The second-order valence-corrected chi connectivity index (χ2v) is 6.28. The van der Waals surface area contributed by atoms with Gasteiger partial charge < -0.3 is 14.2 Å². The molecule has 2 aromatic rings. The Morgan fingerprint density at radius 3 is 2.68 bits per heavy atom. The molecular formula is C18H22N4O3. The molecule has 1 aromatic carbocycles. The van der Waals surface area contributed by atoms with Gasteiger partial charge in [0.15, 0.2) is 0 Å². The van der Waals surface area contributed by atoms with E-state index in [0.29, 0.717) is 31.2 Å². The van der Waals surface area contributed by atoms with E-state index in [0.717, 1.165) is 5.56 Å². The number of hydrogen-bond acceptors (Lipinski definition) is 5. The van der Waals surface area contributed by atoms with Gasteiger partial charge >= 0.3 is 0 Å². The first kappa shape index (κ1) is 17.1. The number of aryl methyl sites for hydroxylation is 1. The molecule has 25 heavy (non-hydrogen) atoms. The summed E-state index contributed by atoms with van der Waals surface area (Å²) in [4.78, 5) is 27.8. The molecule has 2 heterocycles. The van der Waals surface area contributed by atoms with Crippen molar-refractivity contribution in [2.75, 3.05) is 20.1 Å². The van der Waals surface area contributed by atoms with Crippen LogP contribution in [-0.2, 0) is 22.6 Å². The number of aromatic nitrogens is 2. The molecule has 7 heteroatoms. The molecule has 1 saturated heterocycles. The largest absolute Gasteiger partial charge is 0.423 e. The quantitative estimate of drug-likeness (QED) is 0.797. The Morgan fingerprint density at radius 2 is 2.00 bits per heavy atom. The van der Waals surface area contributed by atoms with E-state index in [4.69, 9.17) is 4.42 Å². The Morgan fingerprint density at radius 1 is 1.28 bits per heavy atom. The van der Waals surface area contributed by atoms with Crippen molar-refractivity contribution in [3.63, 3.8) is 0 Å². The molecule has 0 aliphatic carbocycles. The molecule has 0 N–H and O–H groups in total. The summed E-state index contributed by atoms with van der Waals surface area (Å²) < 4.78 is 5.42. The molecule has 1 aliphatic rings. The number of likely N-dealkylation sites (N-methyl/N-ethyl adjacent to an activating group) is 1. The van der Waals surface area contributed by atoms with Crippen molar-refractivity contribution < 1.29 is 14.0 Å². The Kier molecular flexibility index (Phi) is 5.11. The number of hydrogen-bond donors (Lipinski definition) is 0. The minimum Gasteiger partial charge on any atom is -0.423 e. The molecule has 7 nitrogen and oxygen atoms in total. The number of benzene rings is 1. The maximum absolute atomic E-state index is 12.4. The Bertz CT molecular complexity index is 744. The highest BCUT2D eigenvalue weighted by atomic mass is 16.4. The SMILES string of the molecule is CCc1nnc(CN(C)C(=O)CN2C[C@@H](c3ccccc3)CC2=O)o1. The van der Waals surface area contributed by atoms with Crippen LogP contribution >= 0.6 is 0 Å². The summed E-state index contributed by atoms with van der Waals surface area (Å²) in [6.45, 7) is 2.82. The minimum atomic E-state index is -0.140. The van der Waals surface area contributed by atoms with Crippen LogP contribution in [0.15, 0.2) is 34.7 Å². The lowest BCUT2D eigenvalue weighted by atomic mass is 9.99. The zero-order valence-corrected chi connectivity index (χ0v) is 14.5. The summed E-state index contributed by atoms with van der Waals surface area (Å²) in [5.74, 6) is 0.980. The highest BCUT2D eigenvalue weighted by Crippen LogP contribution is 2.27. The van der Waals surface area contributed by atoms with Gasteiger partial charge in [0.05, 0.1) is 13.1 Å². The first-order valence-corrected chi connectivity index (χ1v) is 8.44. The third kappa shape index (κ3) is 4.04. The number of amides is 2. The van der Waals surface area contributed by atoms with Gasteiger partial charge in [-0.25, -0.2) is 0 Å². The molecule has 0 unspecified atom stereocenters. The molecule has 3 rings (SSSR count). The number of likely N-dealkylation sites (tertiary alicyclic amines) is 1. The molecule has 0 spiro atoms. The Hall–Kier alpha value is -2.70. The topological polar surface area (TPSA) is 79.5 Å². The van der Waals surface area contributed by atoms with Crippen LogP contribution in [0.1, 0.15) is 36.6 Å². The lowest BCUT2D eigenvalue weighted by Crippen LogP contribution is -2.38. The molecule has 2 amide bonds. The van der Waals surface area contributed by atoms with E-state index >= 15 is 0 Å². The molecule has 1 atom stereocenters. The highest BCUT2D eigenvalue weighted by Gasteiger charge is 2.32. The van der Waals surface area contributed by atoms with E-state index < -0.39 is 0 Å². The van der Waals surface area contributed by atoms with Crippen molar-refractivity contribution in [3.8, 4) is 0 Å². The van der Waals surface area contributed by atoms with Crippen LogP contribution in [0, 0.1) is 0 Å². The second-order valence-electron chi connectivity index (χ2n) is 6.28. The van der Waals surface area contributed by atoms with E-state index in [1.165, 1.54) is 4.90 Å². The predicted molar refractivity (Wildman–Crippen MR) is 90.5 cm³/mol. The van der Waals surface area contributed by atoms with E-state index in [-0.39, 0.29) is 30.8 Å². The second kappa shape index (κ2) is 7.46. The molecule has 0 saturated carbocycles. The summed E-state index contributed by atoms with van der Waals surface area (Å²) in [6.07, 6.45) is 1.11. The predicted octanol–water partition coefficient (Wildman–Crippen LogP) is 1.61. The van der Waals surface area contributed by atoms with Crippen molar-refractivity contribution in [1.29, 1.82) is 0 Å². The normalized spacial score (nSPS) is 17.1. The van der Waals surface area contributed by atoms with Crippen LogP contribution in [0.25, 0.3) is 0 Å². The van der Waals surface area contributed by atoms with Gasteiger partial charge in [-0.3, -0.25) is 9.59 Å². The van der Waals surface area contributed by atoms with Crippen LogP contribution in [0.5, 0.6) is 0 Å². The van der Waals surface area contributed by atoms with Gasteiger partial charge in [0.1, 0.15) is 0 Å². The summed E-state index contributed by atoms with van der Waals surface area (Å²) >= 11 is 0. The number of nitrogens with zero attached hydrogens (tertiary/aromatic N) is 4. The van der Waals surface area contributed by atoms with Gasteiger partial charge in [-0.05, 0) is 5.56 Å². The van der Waals surface area contributed by atoms with Crippen LogP contribution in [0.2, 0.25) is 0 Å². The van der Waals surface area contributed by atoms with Crippen LogP contribution in [-0.4, -0.2) is 51.9 Å². The van der Waals surface area contributed by atoms with E-state index in [1.807, 2.05) is 37.3 Å². The van der Waals surface area contributed by atoms with E-state index in [2.05, 4.69) is 10.2 Å². The van der Waals surface area contributed by atoms with Crippen LogP contribution in [0.4, 0.5) is 0 Å². The minimum absolute atomic E-state index is 0.0154. The lowest BCUT2D eigenvalue weighted by molar-refractivity contribution is -0.138. The summed E-state index contributed by atoms with van der Waals surface area (Å²) in [5.41, 5.74) is 1.14. The molecule has 1 aromatic heterocycles. The van der Waals surface area contributed by atoms with Crippen LogP contribution < -0.4 is 0 Å². The van der Waals surface area contributed by atoms with Crippen molar-refractivity contribution in [2.45, 2.75) is 32.2 Å². The maximum Gasteiger partial charge on any atom is 0.242 e. The fourth-order valence-electron chi connectivity index (χ4n) is 2.94. The highest BCUT2D eigenvalue weighted by molar-refractivity contribution is 5.86. The number of carbonyl (C=O) groups is 2. The van der Waals surface area contributed by atoms with Crippen molar-refractivity contribution in [1.82, 2.24) is 20.0 Å². The Labute approximate surface area is 146 Å². The van der Waals surface area contributed by atoms with Crippen molar-refractivity contribution in [2.24, 2.45) is 0 Å². The van der Waals surface area contributed by atoms with Gasteiger partial charge in [-0.15, -0.1) is 10.2 Å². The molecule has 0 radical (unpaired) electrons. The average molecular weight is 342 g/mol. The molecule has 1 fully saturated rings. The summed E-state index contributed by atoms with van der Waals surface area (Å²) in [5, 5.41) is 7.80. The molecule has 0 bridgehead atoms. The average Bonchev–Trinajstić information content (AvgIpc) is 3.22. The van der Waals surface area contributed by atoms with Gasteiger partial charge in [0.2, 0.25) is 23.6 Å². The van der Waals surface area contributed by atoms with Crippen LogP contribution in [0.3, 0.4) is 0 Å². The zero-order valence-electron chi connectivity index (χ0n) is 14.5. The van der Waals surface area contributed by atoms with Crippen molar-refractivity contribution in [3.05, 3.63) is 47.7 Å². The summed E-state index contributed by atoms with van der Waals surface area (Å²) in [7, 11) is 1.67. The first-order chi connectivity index (χ1) is 12.1. The van der Waals surface area contributed by atoms with Crippen molar-refractivity contribution >= 4 is 11.8 Å². The smallest absolute Gasteiger partial charge is 0.242 e. The van der Waals surface area contributed by atoms with E-state index in [1.54, 1.807) is 11.9 Å². The third-order valence-corrected chi connectivity index (χ3v) is 4.42.